The lowest BCUT2D eigenvalue weighted by Crippen LogP contribution is -2.31. The third-order valence-electron chi connectivity index (χ3n) is 5.08. The van der Waals surface area contributed by atoms with Crippen molar-refractivity contribution >= 4 is 45.2 Å². The van der Waals surface area contributed by atoms with Gasteiger partial charge in [-0.25, -0.2) is 0 Å². The van der Waals surface area contributed by atoms with Gasteiger partial charge in [0.1, 0.15) is 0 Å². The van der Waals surface area contributed by atoms with Gasteiger partial charge in [0, 0.05) is 23.5 Å². The average molecular weight is 470 g/mol. The Kier molecular flexibility index (Phi) is 5.67. The van der Waals surface area contributed by atoms with Crippen molar-refractivity contribution in [3.05, 3.63) is 63.6 Å². The molecule has 1 aliphatic carbocycles. The highest BCUT2D eigenvalue weighted by Gasteiger charge is 2.35. The zero-order valence-electron chi connectivity index (χ0n) is 16.1. The summed E-state index contributed by atoms with van der Waals surface area (Å²) in [7, 11) is 0. The van der Waals surface area contributed by atoms with Gasteiger partial charge in [0.25, 0.3) is 17.7 Å². The molecule has 4 amide bonds. The minimum absolute atomic E-state index is 0.121. The summed E-state index contributed by atoms with van der Waals surface area (Å²) in [6.45, 7) is 0.154. The van der Waals surface area contributed by atoms with Gasteiger partial charge in [-0.3, -0.25) is 24.1 Å². The number of hydrogen-bond donors (Lipinski definition) is 2. The highest BCUT2D eigenvalue weighted by Crippen LogP contribution is 2.26. The van der Waals surface area contributed by atoms with Gasteiger partial charge >= 0.3 is 0 Å². The van der Waals surface area contributed by atoms with Crippen LogP contribution in [0.5, 0.6) is 0 Å². The van der Waals surface area contributed by atoms with Gasteiger partial charge in [0.2, 0.25) is 5.91 Å². The summed E-state index contributed by atoms with van der Waals surface area (Å²) in [5, 5.41) is 5.67. The molecule has 2 aliphatic rings. The van der Waals surface area contributed by atoms with Gasteiger partial charge in [-0.2, -0.15) is 0 Å². The molecule has 0 spiro atoms. The third kappa shape index (κ3) is 4.28. The van der Waals surface area contributed by atoms with Crippen LogP contribution >= 0.6 is 15.9 Å². The van der Waals surface area contributed by atoms with Crippen molar-refractivity contribution in [1.29, 1.82) is 0 Å². The van der Waals surface area contributed by atoms with Crippen LogP contribution in [0.3, 0.4) is 0 Å². The van der Waals surface area contributed by atoms with Crippen molar-refractivity contribution in [3.8, 4) is 0 Å². The van der Waals surface area contributed by atoms with Crippen molar-refractivity contribution in [3.63, 3.8) is 0 Å². The van der Waals surface area contributed by atoms with Crippen LogP contribution in [0.25, 0.3) is 0 Å². The molecule has 1 fully saturated rings. The van der Waals surface area contributed by atoms with Gasteiger partial charge in [-0.05, 0) is 49.6 Å². The molecule has 1 aliphatic heterocycles. The first-order valence-corrected chi connectivity index (χ1v) is 10.6. The maximum atomic E-state index is 12.5. The first-order valence-electron chi connectivity index (χ1n) is 9.79. The molecule has 2 aromatic carbocycles. The summed E-state index contributed by atoms with van der Waals surface area (Å²) in [6.07, 6.45) is 2.41. The first-order chi connectivity index (χ1) is 14.4. The van der Waals surface area contributed by atoms with E-state index in [1.807, 2.05) is 0 Å². The number of nitrogens with zero attached hydrogens (tertiary/aromatic N) is 1. The standard InChI is InChI=1S/C22H20BrN3O4/c23-13-7-10-15-17(12-13)22(30)26(21(15)29)11-3-6-19(27)25-18-5-2-1-4-16(18)20(28)24-14-8-9-14/h1-2,4-5,7,10,12,14H,3,6,8-9,11H2,(H,24,28)(H,25,27). The molecule has 0 bridgehead atoms. The maximum Gasteiger partial charge on any atom is 0.261 e. The average Bonchev–Trinajstić information content (AvgIpc) is 3.51. The van der Waals surface area contributed by atoms with E-state index in [1.165, 1.54) is 4.90 Å². The number of benzene rings is 2. The molecule has 8 heteroatoms. The van der Waals surface area contributed by atoms with E-state index in [2.05, 4.69) is 26.6 Å². The Morgan fingerprint density at radius 1 is 1.03 bits per heavy atom. The molecule has 0 unspecified atom stereocenters. The number of halogens is 1. The number of para-hydroxylation sites is 1. The fourth-order valence-electron chi connectivity index (χ4n) is 3.36. The minimum atomic E-state index is -0.348. The van der Waals surface area contributed by atoms with Crippen molar-refractivity contribution in [2.75, 3.05) is 11.9 Å². The second kappa shape index (κ2) is 8.39. The molecule has 1 saturated carbocycles. The topological polar surface area (TPSA) is 95.6 Å². The Morgan fingerprint density at radius 2 is 1.77 bits per heavy atom. The molecule has 1 heterocycles. The second-order valence-corrected chi connectivity index (χ2v) is 8.31. The lowest BCUT2D eigenvalue weighted by Gasteiger charge is -2.14. The summed E-state index contributed by atoms with van der Waals surface area (Å²) in [5.41, 5.74) is 1.62. The summed E-state index contributed by atoms with van der Waals surface area (Å²) < 4.78 is 0.730. The van der Waals surface area contributed by atoms with Crippen molar-refractivity contribution in [2.45, 2.75) is 31.7 Å². The molecular formula is C22H20BrN3O4. The van der Waals surface area contributed by atoms with E-state index in [9.17, 15) is 19.2 Å². The second-order valence-electron chi connectivity index (χ2n) is 7.40. The molecule has 0 atom stereocenters. The number of carbonyl (C=O) groups excluding carboxylic acids is 4. The van der Waals surface area contributed by atoms with Gasteiger partial charge in [-0.15, -0.1) is 0 Å². The summed E-state index contributed by atoms with van der Waals surface area (Å²) in [5.74, 6) is -1.17. The van der Waals surface area contributed by atoms with Crippen LogP contribution in [0.1, 0.15) is 56.8 Å². The number of hydrogen-bond acceptors (Lipinski definition) is 4. The monoisotopic (exact) mass is 469 g/mol. The largest absolute Gasteiger partial charge is 0.349 e. The highest BCUT2D eigenvalue weighted by atomic mass is 79.9. The summed E-state index contributed by atoms with van der Waals surface area (Å²) in [4.78, 5) is 50.8. The maximum absolute atomic E-state index is 12.5. The number of rotatable bonds is 7. The van der Waals surface area contributed by atoms with Crippen molar-refractivity contribution < 1.29 is 19.2 Å². The van der Waals surface area contributed by atoms with Gasteiger partial charge in [0.05, 0.1) is 22.4 Å². The van der Waals surface area contributed by atoms with Crippen LogP contribution in [0.4, 0.5) is 5.69 Å². The minimum Gasteiger partial charge on any atom is -0.349 e. The summed E-state index contributed by atoms with van der Waals surface area (Å²) in [6, 6.07) is 12.0. The fraction of sp³-hybridized carbons (Fsp3) is 0.273. The Bertz CT molecular complexity index is 1050. The van der Waals surface area contributed by atoms with Crippen LogP contribution in [0.15, 0.2) is 46.9 Å². The predicted molar refractivity (Wildman–Crippen MR) is 114 cm³/mol. The third-order valence-corrected chi connectivity index (χ3v) is 5.57. The molecule has 154 valence electrons. The zero-order chi connectivity index (χ0) is 21.3. The van der Waals surface area contributed by atoms with E-state index in [-0.39, 0.29) is 42.6 Å². The smallest absolute Gasteiger partial charge is 0.261 e. The van der Waals surface area contributed by atoms with Crippen LogP contribution in [-0.2, 0) is 4.79 Å². The molecule has 7 nitrogen and oxygen atoms in total. The van der Waals surface area contributed by atoms with Crippen molar-refractivity contribution in [1.82, 2.24) is 10.2 Å². The van der Waals surface area contributed by atoms with Gasteiger partial charge in [-0.1, -0.05) is 28.1 Å². The van der Waals surface area contributed by atoms with Gasteiger partial charge < -0.3 is 10.6 Å². The SMILES string of the molecule is O=C(CCCN1C(=O)c2ccc(Br)cc2C1=O)Nc1ccccc1C(=O)NC1CC1. The molecule has 0 aromatic heterocycles. The van der Waals surface area contributed by atoms with E-state index in [1.54, 1.807) is 42.5 Å². The van der Waals surface area contributed by atoms with E-state index in [0.29, 0.717) is 28.8 Å². The molecule has 30 heavy (non-hydrogen) atoms. The number of carbonyl (C=O) groups is 4. The van der Waals surface area contributed by atoms with E-state index >= 15 is 0 Å². The predicted octanol–water partition coefficient (Wildman–Crippen LogP) is 3.36. The highest BCUT2D eigenvalue weighted by molar-refractivity contribution is 9.10. The molecule has 2 aromatic rings. The van der Waals surface area contributed by atoms with E-state index in [0.717, 1.165) is 17.3 Å². The Balaban J connectivity index is 1.32. The fourth-order valence-corrected chi connectivity index (χ4v) is 3.72. The van der Waals surface area contributed by atoms with E-state index in [4.69, 9.17) is 0 Å². The number of nitrogens with one attached hydrogen (secondary N) is 2. The molecule has 0 saturated heterocycles. The summed E-state index contributed by atoms with van der Waals surface area (Å²) >= 11 is 3.30. The molecule has 4 rings (SSSR count). The van der Waals surface area contributed by atoms with E-state index < -0.39 is 0 Å². The molecule has 2 N–H and O–H groups in total. The number of imide groups is 1. The van der Waals surface area contributed by atoms with Crippen LogP contribution in [-0.4, -0.2) is 41.1 Å². The van der Waals surface area contributed by atoms with Crippen LogP contribution in [0, 0.1) is 0 Å². The van der Waals surface area contributed by atoms with Gasteiger partial charge in [0.15, 0.2) is 0 Å². The Labute approximate surface area is 181 Å². The van der Waals surface area contributed by atoms with Crippen LogP contribution < -0.4 is 10.6 Å². The molecular weight excluding hydrogens is 450 g/mol. The lowest BCUT2D eigenvalue weighted by atomic mass is 10.1. The Morgan fingerprint density at radius 3 is 2.53 bits per heavy atom. The number of anilines is 1. The van der Waals surface area contributed by atoms with Crippen molar-refractivity contribution in [2.24, 2.45) is 0 Å². The van der Waals surface area contributed by atoms with Crippen LogP contribution in [0.2, 0.25) is 0 Å². The Hall–Kier alpha value is -3.00. The quantitative estimate of drug-likeness (QED) is 0.607. The lowest BCUT2D eigenvalue weighted by molar-refractivity contribution is -0.116. The molecule has 0 radical (unpaired) electrons. The normalized spacial score (nSPS) is 15.2. The number of amides is 4. The first kappa shape index (κ1) is 20.3. The number of fused-ring (bicyclic) bond motifs is 1. The zero-order valence-corrected chi connectivity index (χ0v) is 17.7.